The number of anilines is 1. The van der Waals surface area contributed by atoms with Crippen molar-refractivity contribution >= 4 is 22.4 Å². The summed E-state index contributed by atoms with van der Waals surface area (Å²) in [5.74, 6) is 0.922. The minimum Gasteiger partial charge on any atom is -0.354 e. The molecule has 4 aromatic rings. The zero-order chi connectivity index (χ0) is 21.2. The van der Waals surface area contributed by atoms with E-state index >= 15 is 0 Å². The van der Waals surface area contributed by atoms with Crippen LogP contribution in [0.2, 0.25) is 0 Å². The predicted octanol–water partition coefficient (Wildman–Crippen LogP) is 3.20. The number of hydrogen-bond donors (Lipinski definition) is 1. The monoisotopic (exact) mass is 412 g/mol. The number of nitrogens with zero attached hydrogens (tertiary/aromatic N) is 5. The van der Waals surface area contributed by atoms with Crippen LogP contribution in [0.5, 0.6) is 0 Å². The summed E-state index contributed by atoms with van der Waals surface area (Å²) in [4.78, 5) is 26.5. The summed E-state index contributed by atoms with van der Waals surface area (Å²) in [6.07, 6.45) is 7.49. The number of aromatic nitrogens is 4. The number of hydrogen-bond acceptors (Lipinski definition) is 6. The largest absolute Gasteiger partial charge is 0.354 e. The second-order valence-corrected chi connectivity index (χ2v) is 8.02. The molecule has 0 aliphatic carbocycles. The van der Waals surface area contributed by atoms with Crippen LogP contribution in [0.15, 0.2) is 61.2 Å². The molecular weight excluding hydrogens is 388 g/mol. The number of ketones is 1. The molecule has 1 aliphatic rings. The molecule has 7 heteroatoms. The van der Waals surface area contributed by atoms with E-state index in [0.717, 1.165) is 59.6 Å². The van der Waals surface area contributed by atoms with Crippen LogP contribution in [0, 0.1) is 0 Å². The Hall–Kier alpha value is -3.58. The van der Waals surface area contributed by atoms with E-state index in [9.17, 15) is 4.79 Å². The van der Waals surface area contributed by atoms with Gasteiger partial charge >= 0.3 is 0 Å². The van der Waals surface area contributed by atoms with Gasteiger partial charge in [-0.3, -0.25) is 14.9 Å². The van der Waals surface area contributed by atoms with E-state index in [-0.39, 0.29) is 12.2 Å². The smallest absolute Gasteiger partial charge is 0.169 e. The second-order valence-electron chi connectivity index (χ2n) is 8.02. The molecule has 7 nitrogen and oxygen atoms in total. The van der Waals surface area contributed by atoms with Crippen LogP contribution in [0.4, 0.5) is 5.82 Å². The number of piperazine rings is 1. The Morgan fingerprint density at radius 1 is 0.968 bits per heavy atom. The minimum atomic E-state index is 0.0515. The molecule has 1 fully saturated rings. The number of aromatic amines is 1. The van der Waals surface area contributed by atoms with Crippen LogP contribution >= 0.6 is 0 Å². The maximum atomic E-state index is 13.0. The molecule has 31 heavy (non-hydrogen) atoms. The van der Waals surface area contributed by atoms with Crippen LogP contribution in [0.1, 0.15) is 16.1 Å². The number of pyridine rings is 2. The Morgan fingerprint density at radius 2 is 1.84 bits per heavy atom. The van der Waals surface area contributed by atoms with E-state index in [4.69, 9.17) is 0 Å². The highest BCUT2D eigenvalue weighted by Crippen LogP contribution is 2.24. The quantitative estimate of drug-likeness (QED) is 0.507. The standard InChI is InChI=1S/C24H24N6O/c1-29-6-8-30(9-7-29)24-12-18(4-5-25-24)23(31)13-22-11-20-10-17(21-15-27-28-16-21)2-3-19(20)14-26-22/h2-5,10-12,14-16H,6-9,13H2,1H3,(H,27,28). The van der Waals surface area contributed by atoms with Crippen molar-refractivity contribution in [2.24, 2.45) is 0 Å². The maximum Gasteiger partial charge on any atom is 0.169 e. The van der Waals surface area contributed by atoms with Crippen molar-refractivity contribution in [3.63, 3.8) is 0 Å². The SMILES string of the molecule is CN1CCN(c2cc(C(=O)Cc3cc4cc(-c5cn[nH]c5)ccc4cn3)ccn2)CC1. The first-order valence-electron chi connectivity index (χ1n) is 10.5. The average molecular weight is 412 g/mol. The molecule has 3 aromatic heterocycles. The number of nitrogens with one attached hydrogen (secondary N) is 1. The molecular formula is C24H24N6O. The highest BCUT2D eigenvalue weighted by atomic mass is 16.1. The summed E-state index contributed by atoms with van der Waals surface area (Å²) in [5, 5.41) is 8.97. The van der Waals surface area contributed by atoms with Crippen molar-refractivity contribution in [3.05, 3.63) is 72.4 Å². The van der Waals surface area contributed by atoms with Gasteiger partial charge in [-0.15, -0.1) is 0 Å². The lowest BCUT2D eigenvalue weighted by atomic mass is 10.0. The summed E-state index contributed by atoms with van der Waals surface area (Å²) < 4.78 is 0. The Morgan fingerprint density at radius 3 is 2.65 bits per heavy atom. The Balaban J connectivity index is 1.35. The Labute approximate surface area is 180 Å². The molecule has 0 saturated carbocycles. The summed E-state index contributed by atoms with van der Waals surface area (Å²) >= 11 is 0. The van der Waals surface area contributed by atoms with E-state index in [2.05, 4.69) is 49.1 Å². The first-order valence-corrected chi connectivity index (χ1v) is 10.5. The van der Waals surface area contributed by atoms with E-state index in [0.29, 0.717) is 5.56 Å². The van der Waals surface area contributed by atoms with E-state index in [1.165, 1.54) is 0 Å². The van der Waals surface area contributed by atoms with Crippen LogP contribution in [-0.4, -0.2) is 64.1 Å². The highest BCUT2D eigenvalue weighted by Gasteiger charge is 2.17. The normalized spacial score (nSPS) is 14.8. The predicted molar refractivity (Wildman–Crippen MR) is 121 cm³/mol. The number of benzene rings is 1. The van der Waals surface area contributed by atoms with Crippen molar-refractivity contribution < 1.29 is 4.79 Å². The van der Waals surface area contributed by atoms with Gasteiger partial charge in [0, 0.05) is 67.0 Å². The fourth-order valence-corrected chi connectivity index (χ4v) is 3.94. The van der Waals surface area contributed by atoms with Gasteiger partial charge in [-0.05, 0) is 42.3 Å². The van der Waals surface area contributed by atoms with Gasteiger partial charge in [0.2, 0.25) is 0 Å². The van der Waals surface area contributed by atoms with Gasteiger partial charge in [0.1, 0.15) is 5.82 Å². The number of rotatable bonds is 5. The lowest BCUT2D eigenvalue weighted by Gasteiger charge is -2.33. The number of likely N-dealkylation sites (N-methyl/N-ethyl adjacent to an activating group) is 1. The van der Waals surface area contributed by atoms with Crippen molar-refractivity contribution in [1.82, 2.24) is 25.1 Å². The first kappa shape index (κ1) is 19.4. The molecule has 4 heterocycles. The fourth-order valence-electron chi connectivity index (χ4n) is 3.94. The van der Waals surface area contributed by atoms with Crippen molar-refractivity contribution in [2.75, 3.05) is 38.1 Å². The zero-order valence-electron chi connectivity index (χ0n) is 17.5. The molecule has 0 amide bonds. The first-order chi connectivity index (χ1) is 15.2. The van der Waals surface area contributed by atoms with E-state index in [1.54, 1.807) is 18.5 Å². The molecule has 5 rings (SSSR count). The Kier molecular flexibility index (Phi) is 5.18. The fraction of sp³-hybridized carbons (Fsp3) is 0.250. The molecule has 1 saturated heterocycles. The van der Waals surface area contributed by atoms with Gasteiger partial charge in [-0.2, -0.15) is 5.10 Å². The van der Waals surface area contributed by atoms with Crippen molar-refractivity contribution in [1.29, 1.82) is 0 Å². The van der Waals surface area contributed by atoms with Gasteiger partial charge in [0.15, 0.2) is 5.78 Å². The minimum absolute atomic E-state index is 0.0515. The molecule has 0 unspecified atom stereocenters. The number of Topliss-reactive ketones (excluding diaryl/α,β-unsaturated/α-hetero) is 1. The topological polar surface area (TPSA) is 78.0 Å². The van der Waals surface area contributed by atoms with Crippen molar-refractivity contribution in [2.45, 2.75) is 6.42 Å². The third-order valence-electron chi connectivity index (χ3n) is 5.85. The van der Waals surface area contributed by atoms with Gasteiger partial charge in [-0.25, -0.2) is 4.98 Å². The lowest BCUT2D eigenvalue weighted by Crippen LogP contribution is -2.44. The third-order valence-corrected chi connectivity index (χ3v) is 5.85. The van der Waals surface area contributed by atoms with E-state index < -0.39 is 0 Å². The molecule has 0 radical (unpaired) electrons. The van der Waals surface area contributed by atoms with Gasteiger partial charge in [0.25, 0.3) is 0 Å². The molecule has 156 valence electrons. The van der Waals surface area contributed by atoms with Crippen LogP contribution in [0.25, 0.3) is 21.9 Å². The average Bonchev–Trinajstić information content (AvgIpc) is 3.34. The Bertz CT molecular complexity index is 1210. The molecule has 0 bridgehead atoms. The molecule has 0 spiro atoms. The zero-order valence-corrected chi connectivity index (χ0v) is 17.5. The summed E-state index contributed by atoms with van der Waals surface area (Å²) in [6, 6.07) is 11.9. The third kappa shape index (κ3) is 4.18. The van der Waals surface area contributed by atoms with Crippen LogP contribution < -0.4 is 4.90 Å². The van der Waals surface area contributed by atoms with E-state index in [1.807, 2.05) is 30.6 Å². The summed E-state index contributed by atoms with van der Waals surface area (Å²) in [6.45, 7) is 3.85. The second kappa shape index (κ2) is 8.28. The van der Waals surface area contributed by atoms with Gasteiger partial charge in [0.05, 0.1) is 12.6 Å². The molecule has 1 N–H and O–H groups in total. The van der Waals surface area contributed by atoms with Gasteiger partial charge in [-0.1, -0.05) is 12.1 Å². The number of carbonyl (C=O) groups is 1. The number of fused-ring (bicyclic) bond motifs is 1. The molecule has 0 atom stereocenters. The maximum absolute atomic E-state index is 13.0. The van der Waals surface area contributed by atoms with Gasteiger partial charge < -0.3 is 9.80 Å². The lowest BCUT2D eigenvalue weighted by molar-refractivity contribution is 0.0992. The summed E-state index contributed by atoms with van der Waals surface area (Å²) in [7, 11) is 2.12. The summed E-state index contributed by atoms with van der Waals surface area (Å²) in [5.41, 5.74) is 3.55. The number of H-pyrrole nitrogens is 1. The van der Waals surface area contributed by atoms with Crippen LogP contribution in [-0.2, 0) is 6.42 Å². The highest BCUT2D eigenvalue weighted by molar-refractivity contribution is 5.98. The molecule has 1 aliphatic heterocycles. The molecule has 1 aromatic carbocycles. The van der Waals surface area contributed by atoms with Crippen molar-refractivity contribution in [3.8, 4) is 11.1 Å². The van der Waals surface area contributed by atoms with Crippen LogP contribution in [0.3, 0.4) is 0 Å². The number of carbonyl (C=O) groups excluding carboxylic acids is 1.